The summed E-state index contributed by atoms with van der Waals surface area (Å²) in [5, 5.41) is 8.51. The Balaban J connectivity index is 3.09. The first-order valence-corrected chi connectivity index (χ1v) is 8.99. The summed E-state index contributed by atoms with van der Waals surface area (Å²) in [4.78, 5) is 10.3. The molecule has 0 atom stereocenters. The molecule has 1 N–H and O–H groups in total. The molecular weight excluding hydrogens is 260 g/mol. The van der Waals surface area contributed by atoms with Crippen molar-refractivity contribution in [2.45, 2.75) is 97.3 Å². The van der Waals surface area contributed by atoms with Crippen LogP contribution in [0.5, 0.6) is 0 Å². The topological polar surface area (TPSA) is 37.3 Å². The van der Waals surface area contributed by atoms with Gasteiger partial charge in [-0.3, -0.25) is 4.79 Å². The Kier molecular flexibility index (Phi) is 15.0. The van der Waals surface area contributed by atoms with Crippen molar-refractivity contribution in [3.8, 4) is 0 Å². The Bertz CT molecular complexity index is 256. The largest absolute Gasteiger partial charge is 0.481 e. The van der Waals surface area contributed by atoms with E-state index in [0.29, 0.717) is 6.42 Å². The van der Waals surface area contributed by atoms with Crippen LogP contribution in [0, 0.1) is 5.92 Å². The molecule has 0 saturated carbocycles. The van der Waals surface area contributed by atoms with Crippen molar-refractivity contribution in [2.75, 3.05) is 0 Å². The average Bonchev–Trinajstić information content (AvgIpc) is 2.42. The lowest BCUT2D eigenvalue weighted by atomic mass is 10.0. The molecule has 0 aromatic heterocycles. The third-order valence-corrected chi connectivity index (χ3v) is 3.83. The molecular formula is C19H36O2. The maximum Gasteiger partial charge on any atom is 0.303 e. The number of carbonyl (C=O) groups is 1. The van der Waals surface area contributed by atoms with E-state index in [4.69, 9.17) is 5.11 Å². The van der Waals surface area contributed by atoms with Gasteiger partial charge in [0.05, 0.1) is 0 Å². The van der Waals surface area contributed by atoms with Gasteiger partial charge in [0, 0.05) is 6.42 Å². The second kappa shape index (κ2) is 15.6. The van der Waals surface area contributed by atoms with E-state index in [2.05, 4.69) is 26.0 Å². The van der Waals surface area contributed by atoms with E-state index in [9.17, 15) is 4.79 Å². The number of hydrogen-bond donors (Lipinski definition) is 1. The first-order chi connectivity index (χ1) is 10.1. The van der Waals surface area contributed by atoms with Gasteiger partial charge in [0.1, 0.15) is 0 Å². The number of unbranched alkanes of at least 4 members (excludes halogenated alkanes) is 9. The van der Waals surface area contributed by atoms with Crippen molar-refractivity contribution in [1.29, 1.82) is 0 Å². The summed E-state index contributed by atoms with van der Waals surface area (Å²) >= 11 is 0. The second-order valence-electron chi connectivity index (χ2n) is 6.56. The number of allylic oxidation sites excluding steroid dienone is 2. The number of aliphatic carboxylic acids is 1. The minimum Gasteiger partial charge on any atom is -0.481 e. The van der Waals surface area contributed by atoms with Crippen LogP contribution in [0.25, 0.3) is 0 Å². The normalized spacial score (nSPS) is 11.6. The van der Waals surface area contributed by atoms with Crippen LogP contribution in [-0.4, -0.2) is 11.1 Å². The van der Waals surface area contributed by atoms with E-state index >= 15 is 0 Å². The van der Waals surface area contributed by atoms with Crippen LogP contribution in [0.15, 0.2) is 12.2 Å². The van der Waals surface area contributed by atoms with Crippen LogP contribution in [-0.2, 0) is 4.79 Å². The second-order valence-corrected chi connectivity index (χ2v) is 6.56. The van der Waals surface area contributed by atoms with Crippen molar-refractivity contribution >= 4 is 5.97 Å². The summed E-state index contributed by atoms with van der Waals surface area (Å²) in [5.74, 6) is 0.184. The van der Waals surface area contributed by atoms with Gasteiger partial charge in [-0.15, -0.1) is 0 Å². The lowest BCUT2D eigenvalue weighted by Gasteiger charge is -2.04. The Hall–Kier alpha value is -0.790. The smallest absolute Gasteiger partial charge is 0.303 e. The maximum atomic E-state index is 10.3. The van der Waals surface area contributed by atoms with Crippen LogP contribution >= 0.6 is 0 Å². The highest BCUT2D eigenvalue weighted by atomic mass is 16.4. The first kappa shape index (κ1) is 20.2. The molecule has 0 radical (unpaired) electrons. The summed E-state index contributed by atoms with van der Waals surface area (Å²) in [5.41, 5.74) is 0. The summed E-state index contributed by atoms with van der Waals surface area (Å²) in [7, 11) is 0. The molecule has 2 nitrogen and oxygen atoms in total. The predicted molar refractivity (Wildman–Crippen MR) is 91.6 cm³/mol. The molecule has 124 valence electrons. The number of carboxylic acids is 1. The predicted octanol–water partition coefficient (Wildman–Crippen LogP) is 6.35. The Morgan fingerprint density at radius 3 is 1.81 bits per heavy atom. The summed E-state index contributed by atoms with van der Waals surface area (Å²) in [6.07, 6.45) is 19.9. The van der Waals surface area contributed by atoms with Gasteiger partial charge in [-0.2, -0.15) is 0 Å². The highest BCUT2D eigenvalue weighted by Gasteiger charge is 1.95. The minimum atomic E-state index is -0.678. The molecule has 0 aliphatic carbocycles. The van der Waals surface area contributed by atoms with Crippen LogP contribution in [0.2, 0.25) is 0 Å². The summed E-state index contributed by atoms with van der Waals surface area (Å²) in [6.45, 7) is 4.61. The summed E-state index contributed by atoms with van der Waals surface area (Å²) in [6, 6.07) is 0. The number of hydrogen-bond acceptors (Lipinski definition) is 1. The molecule has 0 bridgehead atoms. The van der Waals surface area contributed by atoms with Crippen LogP contribution in [0.3, 0.4) is 0 Å². The van der Waals surface area contributed by atoms with Crippen molar-refractivity contribution in [2.24, 2.45) is 5.92 Å². The highest BCUT2D eigenvalue weighted by Crippen LogP contribution is 2.12. The van der Waals surface area contributed by atoms with E-state index in [0.717, 1.165) is 25.2 Å². The molecule has 0 unspecified atom stereocenters. The van der Waals surface area contributed by atoms with Crippen LogP contribution < -0.4 is 0 Å². The maximum absolute atomic E-state index is 10.3. The Morgan fingerprint density at radius 1 is 0.810 bits per heavy atom. The fourth-order valence-electron chi connectivity index (χ4n) is 2.47. The highest BCUT2D eigenvalue weighted by molar-refractivity contribution is 5.66. The van der Waals surface area contributed by atoms with Crippen molar-refractivity contribution in [3.63, 3.8) is 0 Å². The Labute approximate surface area is 132 Å². The third-order valence-electron chi connectivity index (χ3n) is 3.83. The van der Waals surface area contributed by atoms with Gasteiger partial charge in [-0.05, 0) is 38.0 Å². The molecule has 0 aliphatic heterocycles. The monoisotopic (exact) mass is 296 g/mol. The molecule has 0 amide bonds. The SMILES string of the molecule is CC(C)CCCCCCCCCC=CCCCCC(=O)O. The first-order valence-electron chi connectivity index (χ1n) is 8.99. The van der Waals surface area contributed by atoms with E-state index in [1.165, 1.54) is 57.8 Å². The fraction of sp³-hybridized carbons (Fsp3) is 0.842. The van der Waals surface area contributed by atoms with Crippen molar-refractivity contribution in [1.82, 2.24) is 0 Å². The van der Waals surface area contributed by atoms with Gasteiger partial charge >= 0.3 is 5.97 Å². The van der Waals surface area contributed by atoms with Gasteiger partial charge in [0.25, 0.3) is 0 Å². The molecule has 0 aromatic carbocycles. The fourth-order valence-corrected chi connectivity index (χ4v) is 2.47. The number of rotatable bonds is 15. The molecule has 0 aliphatic rings. The zero-order valence-corrected chi connectivity index (χ0v) is 14.3. The lowest BCUT2D eigenvalue weighted by Crippen LogP contribution is -1.92. The minimum absolute atomic E-state index is 0.311. The molecule has 0 heterocycles. The van der Waals surface area contributed by atoms with E-state index in [1.54, 1.807) is 0 Å². The van der Waals surface area contributed by atoms with Crippen molar-refractivity contribution in [3.05, 3.63) is 12.2 Å². The molecule has 0 rings (SSSR count). The molecule has 21 heavy (non-hydrogen) atoms. The molecule has 0 saturated heterocycles. The Morgan fingerprint density at radius 2 is 1.29 bits per heavy atom. The molecule has 2 heteroatoms. The van der Waals surface area contributed by atoms with Gasteiger partial charge < -0.3 is 5.11 Å². The van der Waals surface area contributed by atoms with Gasteiger partial charge in [-0.25, -0.2) is 0 Å². The zero-order valence-electron chi connectivity index (χ0n) is 14.3. The van der Waals surface area contributed by atoms with Crippen LogP contribution in [0.4, 0.5) is 0 Å². The number of carboxylic acid groups (broad SMARTS) is 1. The van der Waals surface area contributed by atoms with E-state index in [1.807, 2.05) is 0 Å². The van der Waals surface area contributed by atoms with Gasteiger partial charge in [0.15, 0.2) is 0 Å². The van der Waals surface area contributed by atoms with Crippen molar-refractivity contribution < 1.29 is 9.90 Å². The lowest BCUT2D eigenvalue weighted by molar-refractivity contribution is -0.137. The molecule has 0 spiro atoms. The summed E-state index contributed by atoms with van der Waals surface area (Å²) < 4.78 is 0. The van der Waals surface area contributed by atoms with E-state index < -0.39 is 5.97 Å². The standard InChI is InChI=1S/C19H36O2/c1-18(2)16-14-12-10-8-6-4-3-5-7-9-11-13-15-17-19(20)21/h7,9,18H,3-6,8,10-17H2,1-2H3,(H,20,21). The van der Waals surface area contributed by atoms with Crippen LogP contribution in [0.1, 0.15) is 97.3 Å². The third kappa shape index (κ3) is 19.2. The zero-order chi connectivity index (χ0) is 15.8. The molecule has 0 aromatic rings. The van der Waals surface area contributed by atoms with Gasteiger partial charge in [-0.1, -0.05) is 70.9 Å². The van der Waals surface area contributed by atoms with Gasteiger partial charge in [0.2, 0.25) is 0 Å². The molecule has 0 fully saturated rings. The quantitative estimate of drug-likeness (QED) is 0.282. The van der Waals surface area contributed by atoms with E-state index in [-0.39, 0.29) is 0 Å². The average molecular weight is 296 g/mol.